The SMILES string of the molecule is CCC(C(=O)NC(/C=C/C(=O)OCc1ccccc1)CC1CCNC1=O)n1cccc(NC(=O)c2cc(C)on2)c1=O. The average Bonchev–Trinajstić information content (AvgIpc) is 3.61. The molecule has 1 aliphatic rings. The number of rotatable bonds is 12. The second kappa shape index (κ2) is 14.1. The van der Waals surface area contributed by atoms with Crippen LogP contribution in [-0.4, -0.2) is 46.0 Å². The van der Waals surface area contributed by atoms with Gasteiger partial charge in [-0.3, -0.25) is 19.2 Å². The Balaban J connectivity index is 1.47. The zero-order chi connectivity index (χ0) is 30.1. The molecule has 3 atom stereocenters. The molecule has 12 nitrogen and oxygen atoms in total. The standard InChI is InChI=1S/C30H33N5O7/c1-3-25(35-15-7-10-23(30(35)40)33-28(38)24-16-19(2)42-34-24)29(39)32-22(17-21-13-14-31-27(21)37)11-12-26(36)41-18-20-8-5-4-6-9-20/h4-12,15-16,21-22,25H,3,13-14,17-18H2,1-2H3,(H,31,37)(H,32,39)(H,33,38)/b12-11+. The highest BCUT2D eigenvalue weighted by atomic mass is 16.5. The molecule has 3 amide bonds. The van der Waals surface area contributed by atoms with E-state index in [1.165, 1.54) is 35.0 Å². The van der Waals surface area contributed by atoms with Crippen LogP contribution in [0, 0.1) is 12.8 Å². The van der Waals surface area contributed by atoms with Gasteiger partial charge in [-0.15, -0.1) is 0 Å². The average molecular weight is 576 g/mol. The maximum absolute atomic E-state index is 13.5. The summed E-state index contributed by atoms with van der Waals surface area (Å²) < 4.78 is 11.4. The van der Waals surface area contributed by atoms with Gasteiger partial charge in [-0.1, -0.05) is 48.5 Å². The van der Waals surface area contributed by atoms with Crippen LogP contribution in [0.4, 0.5) is 5.69 Å². The number of benzene rings is 1. The Bertz CT molecular complexity index is 1510. The van der Waals surface area contributed by atoms with Crippen LogP contribution in [0.3, 0.4) is 0 Å². The van der Waals surface area contributed by atoms with Crippen molar-refractivity contribution < 1.29 is 28.4 Å². The molecule has 220 valence electrons. The Kier molecular flexibility index (Phi) is 10.0. The summed E-state index contributed by atoms with van der Waals surface area (Å²) in [5.41, 5.74) is 0.229. The molecule has 1 aliphatic heterocycles. The fourth-order valence-corrected chi connectivity index (χ4v) is 4.63. The van der Waals surface area contributed by atoms with Gasteiger partial charge in [-0.2, -0.15) is 0 Å². The van der Waals surface area contributed by atoms with E-state index in [0.717, 1.165) is 5.56 Å². The number of carbonyl (C=O) groups is 4. The van der Waals surface area contributed by atoms with Crippen LogP contribution in [-0.2, 0) is 25.7 Å². The summed E-state index contributed by atoms with van der Waals surface area (Å²) in [4.78, 5) is 63.9. The number of anilines is 1. The van der Waals surface area contributed by atoms with E-state index in [1.807, 2.05) is 30.3 Å². The molecule has 0 spiro atoms. The molecular weight excluding hydrogens is 542 g/mol. The molecule has 2 aromatic heterocycles. The van der Waals surface area contributed by atoms with Crippen molar-refractivity contribution in [2.45, 2.75) is 51.8 Å². The first-order valence-electron chi connectivity index (χ1n) is 13.7. The molecule has 1 aromatic carbocycles. The molecule has 0 saturated carbocycles. The molecule has 1 saturated heterocycles. The van der Waals surface area contributed by atoms with Gasteiger partial charge in [0.2, 0.25) is 11.8 Å². The summed E-state index contributed by atoms with van der Waals surface area (Å²) in [7, 11) is 0. The molecule has 42 heavy (non-hydrogen) atoms. The van der Waals surface area contributed by atoms with E-state index >= 15 is 0 Å². The summed E-state index contributed by atoms with van der Waals surface area (Å²) in [6, 6.07) is 12.0. The second-order valence-corrected chi connectivity index (χ2v) is 9.92. The molecule has 3 aromatic rings. The summed E-state index contributed by atoms with van der Waals surface area (Å²) in [6.07, 6.45) is 5.31. The number of ether oxygens (including phenoxy) is 1. The number of esters is 1. The van der Waals surface area contributed by atoms with Gasteiger partial charge in [0.05, 0.1) is 0 Å². The number of hydrogen-bond acceptors (Lipinski definition) is 8. The fourth-order valence-electron chi connectivity index (χ4n) is 4.63. The minimum Gasteiger partial charge on any atom is -0.458 e. The number of aryl methyl sites for hydroxylation is 1. The van der Waals surface area contributed by atoms with Gasteiger partial charge >= 0.3 is 5.97 Å². The summed E-state index contributed by atoms with van der Waals surface area (Å²) in [5, 5.41) is 11.8. The molecular formula is C30H33N5O7. The van der Waals surface area contributed by atoms with Gasteiger partial charge in [-0.25, -0.2) is 4.79 Å². The number of amides is 3. The van der Waals surface area contributed by atoms with Crippen molar-refractivity contribution in [2.24, 2.45) is 5.92 Å². The van der Waals surface area contributed by atoms with E-state index in [9.17, 15) is 24.0 Å². The largest absolute Gasteiger partial charge is 0.458 e. The van der Waals surface area contributed by atoms with E-state index in [0.29, 0.717) is 18.7 Å². The first-order chi connectivity index (χ1) is 20.2. The molecule has 3 heterocycles. The number of carbonyl (C=O) groups excluding carboxylic acids is 4. The lowest BCUT2D eigenvalue weighted by Crippen LogP contribution is -2.42. The third kappa shape index (κ3) is 7.80. The zero-order valence-electron chi connectivity index (χ0n) is 23.4. The number of pyridine rings is 1. The van der Waals surface area contributed by atoms with Gasteiger partial charge in [-0.05, 0) is 43.9 Å². The molecule has 12 heteroatoms. The Morgan fingerprint density at radius 3 is 2.64 bits per heavy atom. The fraction of sp³-hybridized carbons (Fsp3) is 0.333. The third-order valence-corrected chi connectivity index (χ3v) is 6.83. The normalized spacial score (nSPS) is 16.0. The van der Waals surface area contributed by atoms with Crippen molar-refractivity contribution in [3.63, 3.8) is 0 Å². The minimum atomic E-state index is -0.929. The highest BCUT2D eigenvalue weighted by Gasteiger charge is 2.29. The van der Waals surface area contributed by atoms with Gasteiger partial charge in [0.25, 0.3) is 11.5 Å². The maximum Gasteiger partial charge on any atom is 0.330 e. The van der Waals surface area contributed by atoms with Crippen molar-refractivity contribution in [3.05, 3.63) is 94.3 Å². The molecule has 4 rings (SSSR count). The highest BCUT2D eigenvalue weighted by molar-refractivity contribution is 6.02. The topological polar surface area (TPSA) is 162 Å². The smallest absolute Gasteiger partial charge is 0.330 e. The highest BCUT2D eigenvalue weighted by Crippen LogP contribution is 2.19. The van der Waals surface area contributed by atoms with Gasteiger partial charge in [0.1, 0.15) is 24.1 Å². The van der Waals surface area contributed by atoms with Crippen LogP contribution in [0.25, 0.3) is 0 Å². The van der Waals surface area contributed by atoms with Crippen molar-refractivity contribution in [1.82, 2.24) is 20.4 Å². The van der Waals surface area contributed by atoms with Crippen LogP contribution in [0.1, 0.15) is 54.0 Å². The lowest BCUT2D eigenvalue weighted by molar-refractivity contribution is -0.139. The first kappa shape index (κ1) is 30.0. The Labute approximate surface area is 242 Å². The quantitative estimate of drug-likeness (QED) is 0.219. The van der Waals surface area contributed by atoms with Gasteiger partial charge in [0.15, 0.2) is 5.69 Å². The van der Waals surface area contributed by atoms with Crippen molar-refractivity contribution in [3.8, 4) is 0 Å². The van der Waals surface area contributed by atoms with Crippen LogP contribution >= 0.6 is 0 Å². The van der Waals surface area contributed by atoms with Gasteiger partial charge in [0, 0.05) is 36.8 Å². The predicted octanol–water partition coefficient (Wildman–Crippen LogP) is 2.66. The number of nitrogens with one attached hydrogen (secondary N) is 3. The number of hydrogen-bond donors (Lipinski definition) is 3. The molecule has 3 unspecified atom stereocenters. The summed E-state index contributed by atoms with van der Waals surface area (Å²) in [6.45, 7) is 4.01. The molecule has 0 bridgehead atoms. The van der Waals surface area contributed by atoms with Gasteiger partial charge < -0.3 is 29.8 Å². The van der Waals surface area contributed by atoms with E-state index in [2.05, 4.69) is 21.1 Å². The van der Waals surface area contributed by atoms with Crippen LogP contribution in [0.5, 0.6) is 0 Å². The van der Waals surface area contributed by atoms with Crippen LogP contribution < -0.4 is 21.5 Å². The number of nitrogens with zero attached hydrogens (tertiary/aromatic N) is 2. The Morgan fingerprint density at radius 1 is 1.19 bits per heavy atom. The van der Waals surface area contributed by atoms with E-state index in [4.69, 9.17) is 9.26 Å². The second-order valence-electron chi connectivity index (χ2n) is 9.92. The van der Waals surface area contributed by atoms with Crippen LogP contribution in [0.15, 0.2) is 76.2 Å². The van der Waals surface area contributed by atoms with E-state index in [-0.39, 0.29) is 42.7 Å². The molecule has 3 N–H and O–H groups in total. The Hall–Kier alpha value is -5.00. The third-order valence-electron chi connectivity index (χ3n) is 6.83. The Morgan fingerprint density at radius 2 is 1.98 bits per heavy atom. The van der Waals surface area contributed by atoms with Crippen molar-refractivity contribution in [1.29, 1.82) is 0 Å². The van der Waals surface area contributed by atoms with E-state index < -0.39 is 35.4 Å². The lowest BCUT2D eigenvalue weighted by Gasteiger charge is -2.23. The lowest BCUT2D eigenvalue weighted by atomic mass is 9.97. The van der Waals surface area contributed by atoms with Crippen molar-refractivity contribution in [2.75, 3.05) is 11.9 Å². The first-order valence-corrected chi connectivity index (χ1v) is 13.7. The van der Waals surface area contributed by atoms with E-state index in [1.54, 1.807) is 19.9 Å². The maximum atomic E-state index is 13.5. The molecule has 0 aliphatic carbocycles. The molecule has 0 radical (unpaired) electrons. The predicted molar refractivity (Wildman–Crippen MR) is 152 cm³/mol. The monoisotopic (exact) mass is 575 g/mol. The summed E-state index contributed by atoms with van der Waals surface area (Å²) in [5.74, 6) is -1.73. The molecule has 1 fully saturated rings. The number of aromatic nitrogens is 2. The summed E-state index contributed by atoms with van der Waals surface area (Å²) >= 11 is 0. The minimum absolute atomic E-state index is 0.0139. The van der Waals surface area contributed by atoms with Crippen molar-refractivity contribution >= 4 is 29.4 Å². The van der Waals surface area contributed by atoms with Crippen LogP contribution in [0.2, 0.25) is 0 Å². The zero-order valence-corrected chi connectivity index (χ0v) is 23.4.